The minimum absolute atomic E-state index is 0.254. The van der Waals surface area contributed by atoms with E-state index in [1.54, 1.807) is 0 Å². The van der Waals surface area contributed by atoms with Crippen LogP contribution >= 0.6 is 11.8 Å². The molecule has 19 heavy (non-hydrogen) atoms. The Balaban J connectivity index is 2.20. The zero-order valence-electron chi connectivity index (χ0n) is 13.0. The molecule has 0 aromatic heterocycles. The summed E-state index contributed by atoms with van der Waals surface area (Å²) in [6, 6.07) is 9.03. The molecule has 2 heteroatoms. The summed E-state index contributed by atoms with van der Waals surface area (Å²) in [5.74, 6) is 1.15. The molecule has 1 aromatic carbocycles. The van der Waals surface area contributed by atoms with Crippen LogP contribution in [-0.2, 0) is 5.41 Å². The highest BCUT2D eigenvalue weighted by Crippen LogP contribution is 2.25. The Morgan fingerprint density at radius 2 is 1.68 bits per heavy atom. The minimum Gasteiger partial charge on any atom is -0.316 e. The average molecular weight is 279 g/mol. The van der Waals surface area contributed by atoms with Crippen LogP contribution in [0.3, 0.4) is 0 Å². The van der Waals surface area contributed by atoms with Crippen LogP contribution in [0.25, 0.3) is 0 Å². The van der Waals surface area contributed by atoms with Gasteiger partial charge in [0.25, 0.3) is 0 Å². The summed E-state index contributed by atoms with van der Waals surface area (Å²) in [6.45, 7) is 11.3. The lowest BCUT2D eigenvalue weighted by Gasteiger charge is -2.19. The molecule has 1 aromatic rings. The van der Waals surface area contributed by atoms with Crippen LogP contribution < -0.4 is 5.32 Å². The second-order valence-corrected chi connectivity index (χ2v) is 7.25. The molecule has 0 saturated heterocycles. The van der Waals surface area contributed by atoms with Crippen LogP contribution in [0.4, 0.5) is 0 Å². The first-order chi connectivity index (χ1) is 9.04. The van der Waals surface area contributed by atoms with Crippen LogP contribution in [0, 0.1) is 0 Å². The molecule has 108 valence electrons. The third-order valence-electron chi connectivity index (χ3n) is 3.23. The van der Waals surface area contributed by atoms with E-state index in [-0.39, 0.29) is 5.41 Å². The van der Waals surface area contributed by atoms with E-state index < -0.39 is 0 Å². The van der Waals surface area contributed by atoms with Crippen molar-refractivity contribution in [2.75, 3.05) is 18.8 Å². The zero-order chi connectivity index (χ0) is 14.1. The van der Waals surface area contributed by atoms with E-state index in [9.17, 15) is 0 Å². The maximum Gasteiger partial charge on any atom is 0.0106 e. The van der Waals surface area contributed by atoms with Gasteiger partial charge in [0, 0.05) is 17.2 Å². The average Bonchev–Trinajstić information content (AvgIpc) is 2.37. The van der Waals surface area contributed by atoms with Crippen LogP contribution in [0.15, 0.2) is 29.2 Å². The van der Waals surface area contributed by atoms with Crippen molar-refractivity contribution in [3.8, 4) is 0 Å². The molecule has 0 bridgehead atoms. The summed E-state index contributed by atoms with van der Waals surface area (Å²) >= 11 is 1.94. The molecule has 0 aliphatic rings. The molecule has 1 N–H and O–H groups in total. The van der Waals surface area contributed by atoms with Gasteiger partial charge in [0.15, 0.2) is 0 Å². The fourth-order valence-electron chi connectivity index (χ4n) is 1.92. The van der Waals surface area contributed by atoms with E-state index in [1.165, 1.54) is 29.7 Å². The summed E-state index contributed by atoms with van der Waals surface area (Å²) in [6.07, 6.45) is 3.95. The third-order valence-corrected chi connectivity index (χ3v) is 4.24. The Morgan fingerprint density at radius 1 is 1.00 bits per heavy atom. The molecule has 0 fully saturated rings. The first kappa shape index (κ1) is 16.6. The minimum atomic E-state index is 0.254. The van der Waals surface area contributed by atoms with Crippen molar-refractivity contribution in [1.82, 2.24) is 5.32 Å². The number of hydrogen-bond donors (Lipinski definition) is 1. The van der Waals surface area contributed by atoms with Gasteiger partial charge in [0.2, 0.25) is 0 Å². The molecule has 0 aliphatic heterocycles. The molecule has 0 radical (unpaired) electrons. The Bertz CT molecular complexity index is 337. The third kappa shape index (κ3) is 7.03. The lowest BCUT2D eigenvalue weighted by molar-refractivity contribution is 0.590. The van der Waals surface area contributed by atoms with Gasteiger partial charge in [-0.05, 0) is 36.1 Å². The van der Waals surface area contributed by atoms with Gasteiger partial charge in [-0.25, -0.2) is 0 Å². The number of nitrogens with one attached hydrogen (secondary N) is 1. The van der Waals surface area contributed by atoms with Crippen molar-refractivity contribution >= 4 is 11.8 Å². The van der Waals surface area contributed by atoms with Gasteiger partial charge in [0.05, 0.1) is 0 Å². The Hall–Kier alpha value is -0.470. The molecule has 0 heterocycles. The van der Waals surface area contributed by atoms with Crippen molar-refractivity contribution in [1.29, 1.82) is 0 Å². The molecule has 0 aliphatic carbocycles. The van der Waals surface area contributed by atoms with Crippen LogP contribution in [-0.4, -0.2) is 18.8 Å². The molecule has 0 unspecified atom stereocenters. The lowest BCUT2D eigenvalue weighted by Crippen LogP contribution is -2.18. The van der Waals surface area contributed by atoms with E-state index in [4.69, 9.17) is 0 Å². The Kier molecular flexibility index (Phi) is 7.55. The number of thioether (sulfide) groups is 1. The molecular weight excluding hydrogens is 250 g/mol. The van der Waals surface area contributed by atoms with Crippen molar-refractivity contribution in [2.24, 2.45) is 0 Å². The molecule has 0 amide bonds. The number of unbranched alkanes of at least 4 members (excludes halogenated alkanes) is 2. The van der Waals surface area contributed by atoms with Crippen LogP contribution in [0.1, 0.15) is 52.5 Å². The van der Waals surface area contributed by atoms with Gasteiger partial charge in [0.1, 0.15) is 0 Å². The molecular formula is C17H29NS. The summed E-state index contributed by atoms with van der Waals surface area (Å²) in [7, 11) is 0. The highest BCUT2D eigenvalue weighted by molar-refractivity contribution is 7.99. The first-order valence-corrected chi connectivity index (χ1v) is 8.46. The van der Waals surface area contributed by atoms with E-state index in [0.717, 1.165) is 18.8 Å². The van der Waals surface area contributed by atoms with Gasteiger partial charge in [-0.2, -0.15) is 0 Å². The lowest BCUT2D eigenvalue weighted by atomic mass is 9.87. The fourth-order valence-corrected chi connectivity index (χ4v) is 2.73. The summed E-state index contributed by atoms with van der Waals surface area (Å²) < 4.78 is 0. The smallest absolute Gasteiger partial charge is 0.0106 e. The number of hydrogen-bond acceptors (Lipinski definition) is 2. The monoisotopic (exact) mass is 279 g/mol. The first-order valence-electron chi connectivity index (χ1n) is 7.48. The highest BCUT2D eigenvalue weighted by Gasteiger charge is 2.12. The summed E-state index contributed by atoms with van der Waals surface area (Å²) in [5.41, 5.74) is 1.67. The van der Waals surface area contributed by atoms with Gasteiger partial charge in [-0.15, -0.1) is 11.8 Å². The second-order valence-electron chi connectivity index (χ2n) is 6.08. The summed E-state index contributed by atoms with van der Waals surface area (Å²) in [5, 5.41) is 3.51. The van der Waals surface area contributed by atoms with Gasteiger partial charge >= 0.3 is 0 Å². The topological polar surface area (TPSA) is 12.0 Å². The van der Waals surface area contributed by atoms with Gasteiger partial charge in [-0.1, -0.05) is 52.7 Å². The van der Waals surface area contributed by atoms with Gasteiger partial charge in [-0.3, -0.25) is 0 Å². The molecule has 0 spiro atoms. The second kappa shape index (κ2) is 8.65. The largest absolute Gasteiger partial charge is 0.316 e. The SMILES string of the molecule is CCCCCNCCSc1ccc(C(C)(C)C)cc1. The fraction of sp³-hybridized carbons (Fsp3) is 0.647. The predicted molar refractivity (Wildman–Crippen MR) is 88.3 cm³/mol. The maximum atomic E-state index is 3.51. The normalized spacial score (nSPS) is 11.8. The van der Waals surface area contributed by atoms with E-state index in [1.807, 2.05) is 11.8 Å². The van der Waals surface area contributed by atoms with Crippen LogP contribution in [0.5, 0.6) is 0 Å². The van der Waals surface area contributed by atoms with Crippen molar-refractivity contribution in [2.45, 2.75) is 57.3 Å². The standard InChI is InChI=1S/C17H29NS/c1-5-6-7-12-18-13-14-19-16-10-8-15(9-11-16)17(2,3)4/h8-11,18H,5-7,12-14H2,1-4H3. The molecule has 1 nitrogen and oxygen atoms in total. The summed E-state index contributed by atoms with van der Waals surface area (Å²) in [4.78, 5) is 1.38. The maximum absolute atomic E-state index is 3.51. The Morgan fingerprint density at radius 3 is 2.26 bits per heavy atom. The quantitative estimate of drug-likeness (QED) is 0.539. The number of rotatable bonds is 8. The van der Waals surface area contributed by atoms with E-state index in [0.29, 0.717) is 0 Å². The van der Waals surface area contributed by atoms with Crippen molar-refractivity contribution in [3.05, 3.63) is 29.8 Å². The number of benzene rings is 1. The van der Waals surface area contributed by atoms with Gasteiger partial charge < -0.3 is 5.32 Å². The predicted octanol–water partition coefficient (Wildman–Crippen LogP) is 4.86. The molecule has 0 atom stereocenters. The molecule has 1 rings (SSSR count). The highest BCUT2D eigenvalue weighted by atomic mass is 32.2. The zero-order valence-corrected chi connectivity index (χ0v) is 13.8. The van der Waals surface area contributed by atoms with E-state index in [2.05, 4.69) is 57.3 Å². The molecule has 0 saturated carbocycles. The van der Waals surface area contributed by atoms with Crippen LogP contribution in [0.2, 0.25) is 0 Å². The Labute approximate surface area is 123 Å². The van der Waals surface area contributed by atoms with Crippen molar-refractivity contribution < 1.29 is 0 Å². The van der Waals surface area contributed by atoms with E-state index >= 15 is 0 Å². The van der Waals surface area contributed by atoms with Crippen molar-refractivity contribution in [3.63, 3.8) is 0 Å².